The van der Waals surface area contributed by atoms with Gasteiger partial charge in [-0.2, -0.15) is 0 Å². The molecular weight excluding hydrogens is 204 g/mol. The van der Waals surface area contributed by atoms with Crippen LogP contribution in [0, 0.1) is 0 Å². The third kappa shape index (κ3) is 4.44. The molecule has 2 N–H and O–H groups in total. The highest BCUT2D eigenvalue weighted by molar-refractivity contribution is 5.81. The van der Waals surface area contributed by atoms with E-state index in [9.17, 15) is 4.79 Å². The normalized spacial score (nSPS) is 12.4. The van der Waals surface area contributed by atoms with Gasteiger partial charge in [0.15, 0.2) is 0 Å². The lowest BCUT2D eigenvalue weighted by molar-refractivity contribution is -0.122. The summed E-state index contributed by atoms with van der Waals surface area (Å²) in [6, 6.07) is -0.122. The minimum absolute atomic E-state index is 0.0603. The van der Waals surface area contributed by atoms with Crippen LogP contribution in [-0.4, -0.2) is 34.6 Å². The monoisotopic (exact) mass is 224 g/mol. The van der Waals surface area contributed by atoms with E-state index < -0.39 is 0 Å². The summed E-state index contributed by atoms with van der Waals surface area (Å²) < 4.78 is 2.03. The molecule has 1 aromatic rings. The number of likely N-dealkylation sites (N-methyl/N-ethyl adjacent to an activating group) is 1. The Bertz CT molecular complexity index is 297. The van der Waals surface area contributed by atoms with E-state index in [0.29, 0.717) is 6.54 Å². The number of imidazole rings is 1. The van der Waals surface area contributed by atoms with E-state index in [-0.39, 0.29) is 11.9 Å². The summed E-state index contributed by atoms with van der Waals surface area (Å²) in [4.78, 5) is 15.3. The second kappa shape index (κ2) is 7.00. The molecule has 0 bridgehead atoms. The van der Waals surface area contributed by atoms with Crippen LogP contribution in [0.1, 0.15) is 20.3 Å². The first-order valence-corrected chi connectivity index (χ1v) is 5.71. The maximum absolute atomic E-state index is 11.4. The van der Waals surface area contributed by atoms with Crippen LogP contribution in [-0.2, 0) is 11.3 Å². The Hall–Kier alpha value is -1.36. The maximum Gasteiger partial charge on any atom is 0.236 e. The minimum atomic E-state index is -0.122. The van der Waals surface area contributed by atoms with Crippen molar-refractivity contribution in [1.82, 2.24) is 20.2 Å². The summed E-state index contributed by atoms with van der Waals surface area (Å²) in [7, 11) is 0. The molecule has 5 heteroatoms. The molecule has 0 radical (unpaired) electrons. The van der Waals surface area contributed by atoms with Crippen molar-refractivity contribution in [3.8, 4) is 0 Å². The maximum atomic E-state index is 11.4. The van der Waals surface area contributed by atoms with Crippen molar-refractivity contribution in [2.45, 2.75) is 32.9 Å². The Morgan fingerprint density at radius 1 is 1.56 bits per heavy atom. The fourth-order valence-corrected chi connectivity index (χ4v) is 1.42. The number of carbonyl (C=O) groups excluding carboxylic acids is 1. The lowest BCUT2D eigenvalue weighted by Crippen LogP contribution is -2.42. The summed E-state index contributed by atoms with van der Waals surface area (Å²) >= 11 is 0. The number of hydrogen-bond donors (Lipinski definition) is 2. The third-order valence-corrected chi connectivity index (χ3v) is 2.35. The van der Waals surface area contributed by atoms with Crippen molar-refractivity contribution in [3.63, 3.8) is 0 Å². The Kier molecular flexibility index (Phi) is 5.56. The first-order chi connectivity index (χ1) is 7.74. The van der Waals surface area contributed by atoms with E-state index in [1.807, 2.05) is 24.6 Å². The van der Waals surface area contributed by atoms with Crippen molar-refractivity contribution < 1.29 is 4.79 Å². The molecule has 0 fully saturated rings. The molecule has 1 unspecified atom stereocenters. The van der Waals surface area contributed by atoms with Gasteiger partial charge < -0.3 is 15.2 Å². The number of rotatable bonds is 7. The zero-order chi connectivity index (χ0) is 11.8. The Labute approximate surface area is 96.3 Å². The second-order valence-electron chi connectivity index (χ2n) is 3.72. The number of aromatic nitrogens is 2. The summed E-state index contributed by atoms with van der Waals surface area (Å²) in [5, 5.41) is 5.97. The van der Waals surface area contributed by atoms with Crippen molar-refractivity contribution in [1.29, 1.82) is 0 Å². The Morgan fingerprint density at radius 2 is 2.38 bits per heavy atom. The summed E-state index contributed by atoms with van der Waals surface area (Å²) in [6.45, 7) is 6.23. The fraction of sp³-hybridized carbons (Fsp3) is 0.636. The van der Waals surface area contributed by atoms with Crippen LogP contribution in [0.2, 0.25) is 0 Å². The molecule has 90 valence electrons. The first kappa shape index (κ1) is 12.7. The predicted octanol–water partition coefficient (Wildman–Crippen LogP) is 0.387. The van der Waals surface area contributed by atoms with Crippen LogP contribution >= 0.6 is 0 Å². The lowest BCUT2D eigenvalue weighted by atomic mass is 10.3. The van der Waals surface area contributed by atoms with Crippen LogP contribution in [0.4, 0.5) is 0 Å². The number of carbonyl (C=O) groups is 1. The Morgan fingerprint density at radius 3 is 3.00 bits per heavy atom. The van der Waals surface area contributed by atoms with Gasteiger partial charge in [-0.3, -0.25) is 4.79 Å². The van der Waals surface area contributed by atoms with Gasteiger partial charge in [-0.05, 0) is 26.8 Å². The van der Waals surface area contributed by atoms with Crippen molar-refractivity contribution in [3.05, 3.63) is 18.7 Å². The topological polar surface area (TPSA) is 59.0 Å². The fourth-order valence-electron chi connectivity index (χ4n) is 1.42. The Balaban J connectivity index is 2.08. The van der Waals surface area contributed by atoms with Crippen molar-refractivity contribution in [2.24, 2.45) is 0 Å². The van der Waals surface area contributed by atoms with Crippen LogP contribution < -0.4 is 10.6 Å². The number of hydrogen-bond acceptors (Lipinski definition) is 3. The average molecular weight is 224 g/mol. The molecule has 0 aliphatic carbocycles. The van der Waals surface area contributed by atoms with Gasteiger partial charge in [0.1, 0.15) is 0 Å². The third-order valence-electron chi connectivity index (χ3n) is 2.35. The van der Waals surface area contributed by atoms with Gasteiger partial charge in [-0.15, -0.1) is 0 Å². The summed E-state index contributed by atoms with van der Waals surface area (Å²) in [5.41, 5.74) is 0. The molecule has 0 aliphatic rings. The molecule has 0 aromatic carbocycles. The minimum Gasteiger partial charge on any atom is -0.355 e. The van der Waals surface area contributed by atoms with Gasteiger partial charge in [0.2, 0.25) is 5.91 Å². The number of amides is 1. The number of nitrogens with one attached hydrogen (secondary N) is 2. The van der Waals surface area contributed by atoms with Crippen LogP contribution in [0.25, 0.3) is 0 Å². The number of nitrogens with zero attached hydrogens (tertiary/aromatic N) is 2. The molecule has 0 aliphatic heterocycles. The smallest absolute Gasteiger partial charge is 0.236 e. The van der Waals surface area contributed by atoms with E-state index in [1.165, 1.54) is 0 Å². The predicted molar refractivity (Wildman–Crippen MR) is 63.0 cm³/mol. The first-order valence-electron chi connectivity index (χ1n) is 5.71. The summed E-state index contributed by atoms with van der Waals surface area (Å²) in [5.74, 6) is 0.0603. The van der Waals surface area contributed by atoms with Crippen LogP contribution in [0.5, 0.6) is 0 Å². The lowest BCUT2D eigenvalue weighted by Gasteiger charge is -2.13. The molecule has 0 saturated carbocycles. The highest BCUT2D eigenvalue weighted by Gasteiger charge is 2.09. The molecular formula is C11H20N4O. The largest absolute Gasteiger partial charge is 0.355 e. The molecule has 5 nitrogen and oxygen atoms in total. The van der Waals surface area contributed by atoms with Crippen molar-refractivity contribution >= 4 is 5.91 Å². The molecule has 16 heavy (non-hydrogen) atoms. The summed E-state index contributed by atoms with van der Waals surface area (Å²) in [6.07, 6.45) is 6.49. The van der Waals surface area contributed by atoms with Crippen molar-refractivity contribution in [2.75, 3.05) is 13.1 Å². The van der Waals surface area contributed by atoms with Gasteiger partial charge in [-0.1, -0.05) is 0 Å². The highest BCUT2D eigenvalue weighted by atomic mass is 16.2. The standard InChI is InChI=1S/C11H20N4O/c1-3-13-11(16)10(2)14-5-4-7-15-8-6-12-9-15/h6,8-10,14H,3-5,7H2,1-2H3,(H,13,16). The zero-order valence-corrected chi connectivity index (χ0v) is 9.94. The molecule has 1 atom stereocenters. The van der Waals surface area contributed by atoms with Crippen LogP contribution in [0.15, 0.2) is 18.7 Å². The molecule has 1 heterocycles. The van der Waals surface area contributed by atoms with E-state index >= 15 is 0 Å². The molecule has 0 spiro atoms. The molecule has 1 amide bonds. The average Bonchev–Trinajstić information content (AvgIpc) is 2.77. The van der Waals surface area contributed by atoms with E-state index in [0.717, 1.165) is 19.5 Å². The highest BCUT2D eigenvalue weighted by Crippen LogP contribution is 1.90. The quantitative estimate of drug-likeness (QED) is 0.659. The van der Waals surface area contributed by atoms with Gasteiger partial charge >= 0.3 is 0 Å². The zero-order valence-electron chi connectivity index (χ0n) is 9.94. The van der Waals surface area contributed by atoms with Gasteiger partial charge in [0.25, 0.3) is 0 Å². The van der Waals surface area contributed by atoms with Gasteiger partial charge in [0, 0.05) is 25.5 Å². The molecule has 1 rings (SSSR count). The SMILES string of the molecule is CCNC(=O)C(C)NCCCn1ccnc1. The van der Waals surface area contributed by atoms with E-state index in [4.69, 9.17) is 0 Å². The molecule has 1 aromatic heterocycles. The van der Waals surface area contributed by atoms with Gasteiger partial charge in [0.05, 0.1) is 12.4 Å². The number of aryl methyl sites for hydroxylation is 1. The van der Waals surface area contributed by atoms with Crippen LogP contribution in [0.3, 0.4) is 0 Å². The van der Waals surface area contributed by atoms with E-state index in [2.05, 4.69) is 15.6 Å². The molecule has 0 saturated heterocycles. The second-order valence-corrected chi connectivity index (χ2v) is 3.72. The van der Waals surface area contributed by atoms with E-state index in [1.54, 1.807) is 12.5 Å². The van der Waals surface area contributed by atoms with Gasteiger partial charge in [-0.25, -0.2) is 4.98 Å².